The summed E-state index contributed by atoms with van der Waals surface area (Å²) in [7, 11) is 0. The largest absolute Gasteiger partial charge is 0.480 e. The van der Waals surface area contributed by atoms with E-state index in [1.807, 2.05) is 6.92 Å². The predicted molar refractivity (Wildman–Crippen MR) is 71.7 cm³/mol. The number of carboxylic acid groups (broad SMARTS) is 1. The molecule has 0 spiro atoms. The number of aromatic amines is 1. The smallest absolute Gasteiger partial charge is 0.326 e. The van der Waals surface area contributed by atoms with Gasteiger partial charge in [0, 0.05) is 18.3 Å². The highest BCUT2D eigenvalue weighted by Crippen LogP contribution is 2.24. The Bertz CT molecular complexity index is 549. The van der Waals surface area contributed by atoms with E-state index in [-0.39, 0.29) is 23.3 Å². The van der Waals surface area contributed by atoms with Gasteiger partial charge in [-0.25, -0.2) is 4.79 Å². The van der Waals surface area contributed by atoms with E-state index >= 15 is 0 Å². The van der Waals surface area contributed by atoms with E-state index in [4.69, 9.17) is 0 Å². The Morgan fingerprint density at radius 3 is 2.65 bits per heavy atom. The van der Waals surface area contributed by atoms with Gasteiger partial charge in [0.05, 0.1) is 0 Å². The van der Waals surface area contributed by atoms with Gasteiger partial charge in [-0.2, -0.15) is 0 Å². The number of aromatic nitrogens is 1. The number of H-pyrrole nitrogens is 1. The van der Waals surface area contributed by atoms with Crippen LogP contribution in [-0.4, -0.2) is 45.2 Å². The normalized spacial score (nSPS) is 22.6. The van der Waals surface area contributed by atoms with E-state index in [1.165, 1.54) is 24.1 Å². The maximum atomic E-state index is 12.4. The Labute approximate surface area is 116 Å². The quantitative estimate of drug-likeness (QED) is 0.821. The molecule has 20 heavy (non-hydrogen) atoms. The summed E-state index contributed by atoms with van der Waals surface area (Å²) < 4.78 is 0. The first-order valence-electron chi connectivity index (χ1n) is 6.63. The number of ketones is 1. The summed E-state index contributed by atoms with van der Waals surface area (Å²) in [5.41, 5.74) is 0.682. The first kappa shape index (κ1) is 14.3. The SMILES string of the molecule is CC(=O)c1c[nH]c(C(=O)N2CCC(C)CC2C(=O)O)c1. The lowest BCUT2D eigenvalue weighted by Gasteiger charge is -2.35. The molecular formula is C14H18N2O4. The number of carbonyl (C=O) groups is 3. The fraction of sp³-hybridized carbons (Fsp3) is 0.500. The number of carboxylic acids is 1. The number of hydrogen-bond donors (Lipinski definition) is 2. The van der Waals surface area contributed by atoms with Crippen molar-refractivity contribution in [2.24, 2.45) is 5.92 Å². The zero-order chi connectivity index (χ0) is 14.9. The second-order valence-corrected chi connectivity index (χ2v) is 5.34. The Morgan fingerprint density at radius 2 is 2.10 bits per heavy atom. The number of nitrogens with zero attached hydrogens (tertiary/aromatic N) is 1. The van der Waals surface area contributed by atoms with Crippen LogP contribution in [0.3, 0.4) is 0 Å². The van der Waals surface area contributed by atoms with Crippen LogP contribution in [0.25, 0.3) is 0 Å². The van der Waals surface area contributed by atoms with Crippen LogP contribution < -0.4 is 0 Å². The number of rotatable bonds is 3. The molecule has 2 atom stereocenters. The standard InChI is InChI=1S/C14H18N2O4/c1-8-3-4-16(12(5-8)14(19)20)13(18)11-6-10(7-15-11)9(2)17/h6-8,12,15H,3-5H2,1-2H3,(H,19,20). The summed E-state index contributed by atoms with van der Waals surface area (Å²) in [6.45, 7) is 3.83. The second kappa shape index (κ2) is 5.48. The van der Waals surface area contributed by atoms with Gasteiger partial charge in [-0.3, -0.25) is 9.59 Å². The topological polar surface area (TPSA) is 90.5 Å². The van der Waals surface area contributed by atoms with Crippen molar-refractivity contribution in [3.63, 3.8) is 0 Å². The van der Waals surface area contributed by atoms with Crippen molar-refractivity contribution in [3.8, 4) is 0 Å². The highest BCUT2D eigenvalue weighted by Gasteiger charge is 2.35. The highest BCUT2D eigenvalue weighted by atomic mass is 16.4. The molecule has 2 rings (SSSR count). The average Bonchev–Trinajstić information content (AvgIpc) is 2.87. The summed E-state index contributed by atoms with van der Waals surface area (Å²) in [5.74, 6) is -1.20. The number of amides is 1. The summed E-state index contributed by atoms with van der Waals surface area (Å²) in [6.07, 6.45) is 2.72. The number of carbonyl (C=O) groups excluding carboxylic acids is 2. The van der Waals surface area contributed by atoms with Gasteiger partial charge in [-0.1, -0.05) is 6.92 Å². The molecule has 1 aliphatic rings. The molecule has 0 radical (unpaired) electrons. The van der Waals surface area contributed by atoms with E-state index in [1.54, 1.807) is 0 Å². The van der Waals surface area contributed by atoms with Gasteiger partial charge in [0.25, 0.3) is 5.91 Å². The third-order valence-corrected chi connectivity index (χ3v) is 3.73. The molecule has 0 saturated carbocycles. The van der Waals surface area contributed by atoms with Crippen LogP contribution in [0.4, 0.5) is 0 Å². The van der Waals surface area contributed by atoms with Crippen LogP contribution in [0.5, 0.6) is 0 Å². The molecule has 0 aromatic carbocycles. The van der Waals surface area contributed by atoms with Gasteiger partial charge in [0.1, 0.15) is 11.7 Å². The third kappa shape index (κ3) is 2.74. The maximum Gasteiger partial charge on any atom is 0.326 e. The van der Waals surface area contributed by atoms with Crippen molar-refractivity contribution >= 4 is 17.7 Å². The van der Waals surface area contributed by atoms with Crippen LogP contribution >= 0.6 is 0 Å². The summed E-state index contributed by atoms with van der Waals surface area (Å²) in [4.78, 5) is 39.0. The van der Waals surface area contributed by atoms with E-state index in [2.05, 4.69) is 4.98 Å². The minimum Gasteiger partial charge on any atom is -0.480 e. The van der Waals surface area contributed by atoms with Gasteiger partial charge >= 0.3 is 5.97 Å². The summed E-state index contributed by atoms with van der Waals surface area (Å²) in [5, 5.41) is 9.26. The number of hydrogen-bond acceptors (Lipinski definition) is 3. The van der Waals surface area contributed by atoms with Crippen molar-refractivity contribution < 1.29 is 19.5 Å². The van der Waals surface area contributed by atoms with Crippen LogP contribution in [0.15, 0.2) is 12.3 Å². The predicted octanol–water partition coefficient (Wildman–Crippen LogP) is 1.54. The molecule has 2 unspecified atom stereocenters. The molecule has 108 valence electrons. The summed E-state index contributed by atoms with van der Waals surface area (Å²) in [6, 6.07) is 0.678. The van der Waals surface area contributed by atoms with Crippen molar-refractivity contribution in [2.75, 3.05) is 6.54 Å². The van der Waals surface area contributed by atoms with Gasteiger partial charge in [-0.15, -0.1) is 0 Å². The Morgan fingerprint density at radius 1 is 1.40 bits per heavy atom. The summed E-state index contributed by atoms with van der Waals surface area (Å²) >= 11 is 0. The van der Waals surface area contributed by atoms with E-state index in [0.717, 1.165) is 6.42 Å². The monoisotopic (exact) mass is 278 g/mol. The zero-order valence-electron chi connectivity index (χ0n) is 11.5. The molecule has 1 fully saturated rings. The Kier molecular flexibility index (Phi) is 3.92. The van der Waals surface area contributed by atoms with E-state index in [9.17, 15) is 19.5 Å². The Hall–Kier alpha value is -2.11. The van der Waals surface area contributed by atoms with Crippen LogP contribution in [-0.2, 0) is 4.79 Å². The highest BCUT2D eigenvalue weighted by molar-refractivity contribution is 6.00. The number of aliphatic carboxylic acids is 1. The van der Waals surface area contributed by atoms with E-state index < -0.39 is 12.0 Å². The van der Waals surface area contributed by atoms with Gasteiger partial charge in [0.15, 0.2) is 5.78 Å². The average molecular weight is 278 g/mol. The molecule has 0 bridgehead atoms. The molecule has 2 N–H and O–H groups in total. The third-order valence-electron chi connectivity index (χ3n) is 3.73. The van der Waals surface area contributed by atoms with Crippen molar-refractivity contribution in [2.45, 2.75) is 32.7 Å². The lowest BCUT2D eigenvalue weighted by molar-refractivity contribution is -0.144. The molecule has 6 heteroatoms. The number of Topliss-reactive ketones (excluding diaryl/α,β-unsaturated/α-hetero) is 1. The molecule has 0 aliphatic carbocycles. The van der Waals surface area contributed by atoms with Crippen LogP contribution in [0.1, 0.15) is 47.5 Å². The van der Waals surface area contributed by atoms with Gasteiger partial charge < -0.3 is 15.0 Å². The minimum atomic E-state index is -0.983. The molecular weight excluding hydrogens is 260 g/mol. The fourth-order valence-electron chi connectivity index (χ4n) is 2.49. The molecule has 1 saturated heterocycles. The van der Waals surface area contributed by atoms with Crippen molar-refractivity contribution in [3.05, 3.63) is 23.5 Å². The van der Waals surface area contributed by atoms with Gasteiger partial charge in [0.2, 0.25) is 0 Å². The second-order valence-electron chi connectivity index (χ2n) is 5.34. The molecule has 2 heterocycles. The zero-order valence-corrected chi connectivity index (χ0v) is 11.5. The fourth-order valence-corrected chi connectivity index (χ4v) is 2.49. The minimum absolute atomic E-state index is 0.137. The number of likely N-dealkylation sites (tertiary alicyclic amines) is 1. The molecule has 6 nitrogen and oxygen atoms in total. The first-order chi connectivity index (χ1) is 9.40. The number of piperidine rings is 1. The maximum absolute atomic E-state index is 12.4. The van der Waals surface area contributed by atoms with Crippen LogP contribution in [0.2, 0.25) is 0 Å². The van der Waals surface area contributed by atoms with Crippen molar-refractivity contribution in [1.29, 1.82) is 0 Å². The van der Waals surface area contributed by atoms with Crippen molar-refractivity contribution in [1.82, 2.24) is 9.88 Å². The lowest BCUT2D eigenvalue weighted by atomic mass is 9.92. The van der Waals surface area contributed by atoms with E-state index in [0.29, 0.717) is 18.5 Å². The molecule has 1 aromatic rings. The van der Waals surface area contributed by atoms with Gasteiger partial charge in [-0.05, 0) is 31.7 Å². The number of nitrogens with one attached hydrogen (secondary N) is 1. The van der Waals surface area contributed by atoms with Crippen LogP contribution in [0, 0.1) is 5.92 Å². The Balaban J connectivity index is 2.21. The lowest BCUT2D eigenvalue weighted by Crippen LogP contribution is -2.49. The first-order valence-corrected chi connectivity index (χ1v) is 6.63. The molecule has 1 aliphatic heterocycles. The molecule has 1 amide bonds. The molecule has 1 aromatic heterocycles.